The van der Waals surface area contributed by atoms with Gasteiger partial charge < -0.3 is 14.2 Å². The zero-order valence-corrected chi connectivity index (χ0v) is 25.0. The van der Waals surface area contributed by atoms with Gasteiger partial charge in [-0.25, -0.2) is 4.98 Å². The number of hydrogen-bond donors (Lipinski definition) is 0. The molecule has 42 heavy (non-hydrogen) atoms. The monoisotopic (exact) mass is 581 g/mol. The number of halogens is 1. The van der Waals surface area contributed by atoms with Crippen LogP contribution < -0.4 is 19.8 Å². The molecule has 0 amide bonds. The molecule has 8 heteroatoms. The predicted octanol–water partition coefficient (Wildman–Crippen LogP) is 7.63. The SMILES string of the molecule is COc1cc(C)c(-c2nc3ccccc3c(=O)n2N=Cc2cc(Cl)c(OCc3ccccc3)c(OC)c2)cc1C(C)C. The molecule has 0 N–H and O–H groups in total. The summed E-state index contributed by atoms with van der Waals surface area (Å²) in [7, 11) is 3.21. The molecule has 0 aliphatic heterocycles. The first-order chi connectivity index (χ1) is 20.3. The Morgan fingerprint density at radius 2 is 1.67 bits per heavy atom. The molecule has 0 bridgehead atoms. The maximum absolute atomic E-state index is 13.8. The van der Waals surface area contributed by atoms with Gasteiger partial charge in [-0.2, -0.15) is 9.78 Å². The van der Waals surface area contributed by atoms with E-state index in [9.17, 15) is 4.79 Å². The Labute approximate surface area is 250 Å². The molecular weight excluding hydrogens is 550 g/mol. The second kappa shape index (κ2) is 12.5. The van der Waals surface area contributed by atoms with Gasteiger partial charge in [0.1, 0.15) is 12.4 Å². The summed E-state index contributed by atoms with van der Waals surface area (Å²) in [6.07, 6.45) is 1.57. The van der Waals surface area contributed by atoms with Gasteiger partial charge in [0.05, 0.1) is 36.4 Å². The third-order valence-corrected chi connectivity index (χ3v) is 7.27. The van der Waals surface area contributed by atoms with Crippen LogP contribution in [0.1, 0.15) is 42.0 Å². The fraction of sp³-hybridized carbons (Fsp3) is 0.206. The lowest BCUT2D eigenvalue weighted by atomic mass is 9.96. The first-order valence-corrected chi connectivity index (χ1v) is 14.0. The molecule has 5 rings (SSSR count). The number of rotatable bonds is 9. The number of nitrogens with zero attached hydrogens (tertiary/aromatic N) is 3. The number of fused-ring (bicyclic) bond motifs is 1. The highest BCUT2D eigenvalue weighted by molar-refractivity contribution is 6.32. The number of aryl methyl sites for hydroxylation is 1. The molecule has 0 fully saturated rings. The lowest BCUT2D eigenvalue weighted by Gasteiger charge is -2.17. The van der Waals surface area contributed by atoms with E-state index in [1.165, 1.54) is 4.68 Å². The van der Waals surface area contributed by atoms with E-state index in [-0.39, 0.29) is 11.5 Å². The molecular formula is C34H32ClN3O4. The highest BCUT2D eigenvalue weighted by atomic mass is 35.5. The van der Waals surface area contributed by atoms with E-state index in [0.29, 0.717) is 45.4 Å². The van der Waals surface area contributed by atoms with E-state index in [0.717, 1.165) is 28.0 Å². The highest BCUT2D eigenvalue weighted by Gasteiger charge is 2.19. The molecule has 214 valence electrons. The molecule has 0 aliphatic carbocycles. The van der Waals surface area contributed by atoms with Gasteiger partial charge in [-0.15, -0.1) is 0 Å². The van der Waals surface area contributed by atoms with E-state index in [1.54, 1.807) is 38.6 Å². The van der Waals surface area contributed by atoms with Crippen molar-refractivity contribution in [1.29, 1.82) is 0 Å². The maximum Gasteiger partial charge on any atom is 0.282 e. The number of methoxy groups -OCH3 is 2. The summed E-state index contributed by atoms with van der Waals surface area (Å²) in [5.41, 5.74) is 4.66. The largest absolute Gasteiger partial charge is 0.496 e. The molecule has 0 radical (unpaired) electrons. The Morgan fingerprint density at radius 1 is 0.952 bits per heavy atom. The molecule has 0 aliphatic rings. The lowest BCUT2D eigenvalue weighted by Crippen LogP contribution is -2.20. The third-order valence-electron chi connectivity index (χ3n) is 6.99. The summed E-state index contributed by atoms with van der Waals surface area (Å²) >= 11 is 6.63. The van der Waals surface area contributed by atoms with Gasteiger partial charge in [-0.3, -0.25) is 4.79 Å². The van der Waals surface area contributed by atoms with Gasteiger partial charge in [0.25, 0.3) is 5.56 Å². The van der Waals surface area contributed by atoms with Crippen molar-refractivity contribution < 1.29 is 14.2 Å². The second-order valence-electron chi connectivity index (χ2n) is 10.2. The quantitative estimate of drug-likeness (QED) is 0.167. The van der Waals surface area contributed by atoms with Crippen molar-refractivity contribution in [3.8, 4) is 28.6 Å². The first-order valence-electron chi connectivity index (χ1n) is 13.6. The fourth-order valence-electron chi connectivity index (χ4n) is 4.78. The summed E-state index contributed by atoms with van der Waals surface area (Å²) < 4.78 is 18.6. The van der Waals surface area contributed by atoms with E-state index < -0.39 is 0 Å². The van der Waals surface area contributed by atoms with Crippen LogP contribution in [0.3, 0.4) is 0 Å². The molecule has 0 atom stereocenters. The number of ether oxygens (including phenoxy) is 3. The van der Waals surface area contributed by atoms with Gasteiger partial charge in [0.2, 0.25) is 0 Å². The average Bonchev–Trinajstić information content (AvgIpc) is 3.00. The zero-order valence-electron chi connectivity index (χ0n) is 24.2. The minimum absolute atomic E-state index is 0.195. The van der Waals surface area contributed by atoms with Crippen LogP contribution in [0.15, 0.2) is 88.8 Å². The average molecular weight is 582 g/mol. The standard InChI is InChI=1S/C34H32ClN3O4/c1-21(2)26-18-27(22(3)15-30(26)40-4)33-37-29-14-10-9-13-25(29)34(39)38(33)36-19-24-16-28(35)32(31(17-24)41-5)42-20-23-11-7-6-8-12-23/h6-19,21H,20H2,1-5H3. The summed E-state index contributed by atoms with van der Waals surface area (Å²) in [5.74, 6) is 2.30. The van der Waals surface area contributed by atoms with Crippen LogP contribution in [0, 0.1) is 6.92 Å². The lowest BCUT2D eigenvalue weighted by molar-refractivity contribution is 0.284. The maximum atomic E-state index is 13.8. The minimum atomic E-state index is -0.283. The Hall–Kier alpha value is -4.62. The van der Waals surface area contributed by atoms with Crippen molar-refractivity contribution in [2.75, 3.05) is 14.2 Å². The van der Waals surface area contributed by atoms with Crippen LogP contribution in [0.5, 0.6) is 17.2 Å². The summed E-state index contributed by atoms with van der Waals surface area (Å²) in [5, 5.41) is 5.46. The molecule has 0 saturated carbocycles. The van der Waals surface area contributed by atoms with E-state index in [4.69, 9.17) is 30.8 Å². The van der Waals surface area contributed by atoms with Crippen molar-refractivity contribution in [3.05, 3.63) is 116 Å². The topological polar surface area (TPSA) is 74.9 Å². The van der Waals surface area contributed by atoms with E-state index >= 15 is 0 Å². The smallest absolute Gasteiger partial charge is 0.282 e. The third kappa shape index (κ3) is 5.87. The second-order valence-corrected chi connectivity index (χ2v) is 10.6. The molecule has 5 aromatic rings. The Bertz CT molecular complexity index is 1830. The molecule has 0 unspecified atom stereocenters. The van der Waals surface area contributed by atoms with Crippen LogP contribution in [0.4, 0.5) is 0 Å². The molecule has 1 heterocycles. The van der Waals surface area contributed by atoms with Gasteiger partial charge in [-0.1, -0.05) is 67.9 Å². The number of hydrogen-bond acceptors (Lipinski definition) is 6. The molecule has 7 nitrogen and oxygen atoms in total. The van der Waals surface area contributed by atoms with Crippen molar-refractivity contribution in [3.63, 3.8) is 0 Å². The molecule has 4 aromatic carbocycles. The zero-order chi connectivity index (χ0) is 29.8. The number of aromatic nitrogens is 2. The van der Waals surface area contributed by atoms with E-state index in [2.05, 4.69) is 18.9 Å². The van der Waals surface area contributed by atoms with Gasteiger partial charge >= 0.3 is 0 Å². The highest BCUT2D eigenvalue weighted by Crippen LogP contribution is 2.37. The normalized spacial score (nSPS) is 11.4. The molecule has 1 aromatic heterocycles. The molecule has 0 saturated heterocycles. The summed E-state index contributed by atoms with van der Waals surface area (Å²) in [6.45, 7) is 6.50. The summed E-state index contributed by atoms with van der Waals surface area (Å²) in [4.78, 5) is 18.7. The van der Waals surface area contributed by atoms with Gasteiger partial charge in [0, 0.05) is 5.56 Å². The minimum Gasteiger partial charge on any atom is -0.496 e. The summed E-state index contributed by atoms with van der Waals surface area (Å²) in [6, 6.07) is 24.5. The van der Waals surface area contributed by atoms with Gasteiger partial charge in [-0.05, 0) is 71.5 Å². The van der Waals surface area contributed by atoms with Crippen molar-refractivity contribution in [1.82, 2.24) is 9.66 Å². The Kier molecular flexibility index (Phi) is 8.59. The predicted molar refractivity (Wildman–Crippen MR) is 169 cm³/mol. The van der Waals surface area contributed by atoms with Crippen LogP contribution in [0.25, 0.3) is 22.3 Å². The van der Waals surface area contributed by atoms with Crippen molar-refractivity contribution >= 4 is 28.7 Å². The van der Waals surface area contributed by atoms with Crippen LogP contribution in [-0.4, -0.2) is 30.1 Å². The van der Waals surface area contributed by atoms with Crippen LogP contribution >= 0.6 is 11.6 Å². The first kappa shape index (κ1) is 28.9. The molecule has 0 spiro atoms. The van der Waals surface area contributed by atoms with Crippen molar-refractivity contribution in [2.45, 2.75) is 33.3 Å². The number of benzene rings is 4. The van der Waals surface area contributed by atoms with Gasteiger partial charge in [0.15, 0.2) is 17.3 Å². The Morgan fingerprint density at radius 3 is 2.38 bits per heavy atom. The van der Waals surface area contributed by atoms with Crippen LogP contribution in [0.2, 0.25) is 5.02 Å². The van der Waals surface area contributed by atoms with E-state index in [1.807, 2.05) is 67.6 Å². The number of para-hydroxylation sites is 1. The van der Waals surface area contributed by atoms with Crippen LogP contribution in [-0.2, 0) is 6.61 Å². The fourth-order valence-corrected chi connectivity index (χ4v) is 5.05. The Balaban J connectivity index is 1.60. The van der Waals surface area contributed by atoms with Crippen molar-refractivity contribution in [2.24, 2.45) is 5.10 Å².